The Bertz CT molecular complexity index is 364. The topological polar surface area (TPSA) is 46.5 Å². The molecule has 1 aromatic carbocycles. The van der Waals surface area contributed by atoms with E-state index in [2.05, 4.69) is 0 Å². The maximum absolute atomic E-state index is 11.4. The van der Waals surface area contributed by atoms with E-state index >= 15 is 0 Å². The second-order valence-corrected chi connectivity index (χ2v) is 4.21. The number of carbonyl (C=O) groups is 1. The van der Waals surface area contributed by atoms with Gasteiger partial charge in [0.05, 0.1) is 12.5 Å². The smallest absolute Gasteiger partial charge is 0.308 e. The van der Waals surface area contributed by atoms with E-state index in [4.69, 9.17) is 9.84 Å². The first-order valence-corrected chi connectivity index (χ1v) is 6.66. The SMILES string of the molecule is CC.CCOC(=O)C1CC(c2ccc(O)cc2)C1. The third-order valence-corrected chi connectivity index (χ3v) is 3.12. The first kappa shape index (κ1) is 14.6. The highest BCUT2D eigenvalue weighted by atomic mass is 16.5. The zero-order chi connectivity index (χ0) is 13.5. The molecule has 18 heavy (non-hydrogen) atoms. The zero-order valence-corrected chi connectivity index (χ0v) is 11.3. The maximum Gasteiger partial charge on any atom is 0.308 e. The van der Waals surface area contributed by atoms with E-state index in [0.29, 0.717) is 12.5 Å². The molecular formula is C15H22O3. The van der Waals surface area contributed by atoms with Crippen molar-refractivity contribution >= 4 is 5.97 Å². The Morgan fingerprint density at radius 3 is 2.33 bits per heavy atom. The van der Waals surface area contributed by atoms with Crippen LogP contribution in [0.3, 0.4) is 0 Å². The lowest BCUT2D eigenvalue weighted by molar-refractivity contribution is -0.151. The molecule has 1 aliphatic carbocycles. The summed E-state index contributed by atoms with van der Waals surface area (Å²) in [5.74, 6) is 0.719. The molecule has 1 fully saturated rings. The number of phenolic OH excluding ortho intramolecular Hbond substituents is 1. The molecule has 0 radical (unpaired) electrons. The van der Waals surface area contributed by atoms with Gasteiger partial charge in [-0.15, -0.1) is 0 Å². The van der Waals surface area contributed by atoms with Crippen molar-refractivity contribution in [2.24, 2.45) is 5.92 Å². The van der Waals surface area contributed by atoms with Crippen molar-refractivity contribution in [2.45, 2.75) is 39.5 Å². The van der Waals surface area contributed by atoms with Crippen molar-refractivity contribution in [3.8, 4) is 5.75 Å². The summed E-state index contributed by atoms with van der Waals surface area (Å²) in [5.41, 5.74) is 1.19. The van der Waals surface area contributed by atoms with Crippen LogP contribution in [-0.2, 0) is 9.53 Å². The first-order valence-electron chi connectivity index (χ1n) is 6.66. The Kier molecular flexibility index (Phi) is 5.69. The minimum atomic E-state index is -0.0717. The summed E-state index contributed by atoms with van der Waals surface area (Å²) in [6.07, 6.45) is 1.73. The van der Waals surface area contributed by atoms with Crippen LogP contribution in [-0.4, -0.2) is 17.7 Å². The Morgan fingerprint density at radius 1 is 1.28 bits per heavy atom. The quantitative estimate of drug-likeness (QED) is 0.835. The van der Waals surface area contributed by atoms with Crippen LogP contribution in [0.25, 0.3) is 0 Å². The van der Waals surface area contributed by atoms with Gasteiger partial charge in [0.1, 0.15) is 5.75 Å². The summed E-state index contributed by atoms with van der Waals surface area (Å²) in [7, 11) is 0. The third-order valence-electron chi connectivity index (χ3n) is 3.12. The number of hydrogen-bond donors (Lipinski definition) is 1. The number of ether oxygens (including phenoxy) is 1. The summed E-state index contributed by atoms with van der Waals surface area (Å²) in [6, 6.07) is 7.21. The third kappa shape index (κ3) is 3.49. The number of aromatic hydroxyl groups is 1. The maximum atomic E-state index is 11.4. The highest BCUT2D eigenvalue weighted by Crippen LogP contribution is 2.42. The second-order valence-electron chi connectivity index (χ2n) is 4.21. The average molecular weight is 250 g/mol. The molecule has 1 N–H and O–H groups in total. The zero-order valence-electron chi connectivity index (χ0n) is 11.3. The van der Waals surface area contributed by atoms with Crippen LogP contribution in [0.4, 0.5) is 0 Å². The molecule has 0 saturated heterocycles. The summed E-state index contributed by atoms with van der Waals surface area (Å²) in [5, 5.41) is 9.17. The van der Waals surface area contributed by atoms with Gasteiger partial charge in [0.25, 0.3) is 0 Å². The van der Waals surface area contributed by atoms with E-state index in [9.17, 15) is 4.79 Å². The van der Waals surface area contributed by atoms with Gasteiger partial charge in [-0.1, -0.05) is 26.0 Å². The van der Waals surface area contributed by atoms with Crippen LogP contribution in [0, 0.1) is 5.92 Å². The van der Waals surface area contributed by atoms with Crippen LogP contribution < -0.4 is 0 Å². The Labute approximate surface area is 109 Å². The fourth-order valence-electron chi connectivity index (χ4n) is 2.09. The minimum Gasteiger partial charge on any atom is -0.508 e. The van der Waals surface area contributed by atoms with Crippen molar-refractivity contribution in [3.05, 3.63) is 29.8 Å². The molecule has 100 valence electrons. The predicted octanol–water partition coefficient (Wildman–Crippen LogP) is 3.48. The summed E-state index contributed by atoms with van der Waals surface area (Å²) >= 11 is 0. The van der Waals surface area contributed by atoms with Crippen LogP contribution in [0.5, 0.6) is 5.75 Å². The van der Waals surface area contributed by atoms with Crippen LogP contribution in [0.2, 0.25) is 0 Å². The number of phenols is 1. The largest absolute Gasteiger partial charge is 0.508 e. The lowest BCUT2D eigenvalue weighted by Crippen LogP contribution is -2.30. The standard InChI is InChI=1S/C13H16O3.C2H6/c1-2-16-13(15)11-7-10(8-11)9-3-5-12(14)6-4-9;1-2/h3-6,10-11,14H,2,7-8H2,1H3;1-2H3. The minimum absolute atomic E-state index is 0.0683. The predicted molar refractivity (Wildman–Crippen MR) is 71.6 cm³/mol. The number of rotatable bonds is 3. The molecule has 1 aromatic rings. The van der Waals surface area contributed by atoms with Gasteiger partial charge in [0.15, 0.2) is 0 Å². The van der Waals surface area contributed by atoms with E-state index in [0.717, 1.165) is 12.8 Å². The Hall–Kier alpha value is -1.51. The van der Waals surface area contributed by atoms with Gasteiger partial charge >= 0.3 is 5.97 Å². The molecule has 0 atom stereocenters. The summed E-state index contributed by atoms with van der Waals surface area (Å²) in [6.45, 7) is 6.28. The Morgan fingerprint density at radius 2 is 1.83 bits per heavy atom. The molecule has 0 unspecified atom stereocenters. The Balaban J connectivity index is 0.000000771. The van der Waals surface area contributed by atoms with Crippen molar-refractivity contribution in [1.82, 2.24) is 0 Å². The highest BCUT2D eigenvalue weighted by Gasteiger charge is 2.36. The van der Waals surface area contributed by atoms with Crippen LogP contribution in [0.15, 0.2) is 24.3 Å². The van der Waals surface area contributed by atoms with Gasteiger partial charge in [0, 0.05) is 0 Å². The molecule has 0 bridgehead atoms. The van der Waals surface area contributed by atoms with Gasteiger partial charge < -0.3 is 9.84 Å². The fourth-order valence-corrected chi connectivity index (χ4v) is 2.09. The summed E-state index contributed by atoms with van der Waals surface area (Å²) < 4.78 is 4.97. The van der Waals surface area contributed by atoms with Crippen molar-refractivity contribution in [3.63, 3.8) is 0 Å². The lowest BCUT2D eigenvalue weighted by Gasteiger charge is -2.33. The van der Waals surface area contributed by atoms with E-state index in [1.165, 1.54) is 5.56 Å². The van der Waals surface area contributed by atoms with Gasteiger partial charge in [0.2, 0.25) is 0 Å². The molecule has 3 nitrogen and oxygen atoms in total. The van der Waals surface area contributed by atoms with Gasteiger partial charge in [-0.05, 0) is 43.4 Å². The van der Waals surface area contributed by atoms with Gasteiger partial charge in [-0.3, -0.25) is 4.79 Å². The molecule has 0 amide bonds. The average Bonchev–Trinajstić information content (AvgIpc) is 2.33. The normalized spacial score (nSPS) is 21.3. The summed E-state index contributed by atoms with van der Waals surface area (Å²) in [4.78, 5) is 11.4. The van der Waals surface area contributed by atoms with Crippen LogP contribution in [0.1, 0.15) is 45.1 Å². The first-order chi connectivity index (χ1) is 8.70. The van der Waals surface area contributed by atoms with Crippen molar-refractivity contribution in [2.75, 3.05) is 6.61 Å². The fraction of sp³-hybridized carbons (Fsp3) is 0.533. The van der Waals surface area contributed by atoms with Crippen LogP contribution >= 0.6 is 0 Å². The molecule has 3 heteroatoms. The number of benzene rings is 1. The second kappa shape index (κ2) is 7.04. The van der Waals surface area contributed by atoms with E-state index in [1.54, 1.807) is 12.1 Å². The molecule has 0 aliphatic heterocycles. The number of esters is 1. The van der Waals surface area contributed by atoms with E-state index in [-0.39, 0.29) is 17.6 Å². The monoisotopic (exact) mass is 250 g/mol. The number of hydrogen-bond acceptors (Lipinski definition) is 3. The molecule has 0 aromatic heterocycles. The highest BCUT2D eigenvalue weighted by molar-refractivity contribution is 5.73. The lowest BCUT2D eigenvalue weighted by atomic mass is 9.71. The van der Waals surface area contributed by atoms with Gasteiger partial charge in [-0.2, -0.15) is 0 Å². The molecule has 1 aliphatic rings. The van der Waals surface area contributed by atoms with E-state index in [1.807, 2.05) is 32.9 Å². The number of carbonyl (C=O) groups excluding carboxylic acids is 1. The van der Waals surface area contributed by atoms with Gasteiger partial charge in [-0.25, -0.2) is 0 Å². The van der Waals surface area contributed by atoms with Crippen molar-refractivity contribution < 1.29 is 14.6 Å². The molecule has 1 saturated carbocycles. The molecule has 0 spiro atoms. The molecular weight excluding hydrogens is 228 g/mol. The van der Waals surface area contributed by atoms with Crippen molar-refractivity contribution in [1.29, 1.82) is 0 Å². The van der Waals surface area contributed by atoms with E-state index < -0.39 is 0 Å². The molecule has 0 heterocycles. The molecule has 2 rings (SSSR count).